The molecule has 5 heterocycles. The molecule has 0 unspecified atom stereocenters. The summed E-state index contributed by atoms with van der Waals surface area (Å²) in [6.07, 6.45) is 5.78. The minimum atomic E-state index is 0.0605. The van der Waals surface area contributed by atoms with Gasteiger partial charge in [-0.1, -0.05) is 0 Å². The molecular weight excluding hydrogens is 296 g/mol. The van der Waals surface area contributed by atoms with Crippen LogP contribution < -0.4 is 5.32 Å². The summed E-state index contributed by atoms with van der Waals surface area (Å²) in [6, 6.07) is 6.56. The molecule has 5 rings (SSSR count). The minimum absolute atomic E-state index is 0.0605. The molecule has 22 heavy (non-hydrogen) atoms. The van der Waals surface area contributed by atoms with Crippen LogP contribution >= 0.6 is 11.3 Å². The fourth-order valence-corrected chi connectivity index (χ4v) is 4.68. The number of amides is 1. The van der Waals surface area contributed by atoms with Crippen molar-refractivity contribution in [1.82, 2.24) is 10.2 Å². The van der Waals surface area contributed by atoms with Gasteiger partial charge in [-0.15, -0.1) is 11.3 Å². The molecule has 3 aliphatic rings. The third kappa shape index (κ3) is 2.38. The molecular formula is C17H20N2O2S. The number of fused-ring (bicyclic) bond motifs is 3. The quantitative estimate of drug-likeness (QED) is 0.945. The van der Waals surface area contributed by atoms with Crippen LogP contribution in [0.25, 0.3) is 10.4 Å². The van der Waals surface area contributed by atoms with E-state index in [0.717, 1.165) is 15.3 Å². The van der Waals surface area contributed by atoms with Gasteiger partial charge in [0.2, 0.25) is 0 Å². The largest absolute Gasteiger partial charge is 0.472 e. The van der Waals surface area contributed by atoms with Crippen molar-refractivity contribution in [1.29, 1.82) is 0 Å². The van der Waals surface area contributed by atoms with E-state index in [2.05, 4.69) is 17.1 Å². The van der Waals surface area contributed by atoms with Gasteiger partial charge in [-0.2, -0.15) is 0 Å². The molecule has 0 saturated carbocycles. The summed E-state index contributed by atoms with van der Waals surface area (Å²) in [5, 5.41) is 3.28. The lowest BCUT2D eigenvalue weighted by Crippen LogP contribution is -2.62. The van der Waals surface area contributed by atoms with Gasteiger partial charge in [-0.05, 0) is 57.0 Å². The molecule has 0 aliphatic carbocycles. The Morgan fingerprint density at radius 3 is 2.82 bits per heavy atom. The SMILES string of the molecule is C[C@H]1[C@H](NC(=O)c2ccc(-c3ccoc3)s2)C2CCN1CC2. The maximum Gasteiger partial charge on any atom is 0.261 e. The first-order chi connectivity index (χ1) is 10.7. The number of hydrogen-bond acceptors (Lipinski definition) is 4. The van der Waals surface area contributed by atoms with Crippen molar-refractivity contribution >= 4 is 17.2 Å². The second-order valence-electron chi connectivity index (χ2n) is 6.29. The maximum absolute atomic E-state index is 12.6. The van der Waals surface area contributed by atoms with Crippen LogP contribution in [0.2, 0.25) is 0 Å². The van der Waals surface area contributed by atoms with Gasteiger partial charge in [-0.3, -0.25) is 9.69 Å². The molecule has 2 atom stereocenters. The molecule has 3 fully saturated rings. The molecule has 4 nitrogen and oxygen atoms in total. The monoisotopic (exact) mass is 316 g/mol. The average molecular weight is 316 g/mol. The zero-order valence-corrected chi connectivity index (χ0v) is 13.4. The van der Waals surface area contributed by atoms with Crippen molar-refractivity contribution in [2.75, 3.05) is 13.1 Å². The van der Waals surface area contributed by atoms with Crippen LogP contribution in [0.3, 0.4) is 0 Å². The average Bonchev–Trinajstić information content (AvgIpc) is 3.21. The van der Waals surface area contributed by atoms with Crippen molar-refractivity contribution < 1.29 is 9.21 Å². The molecule has 2 aromatic heterocycles. The van der Waals surface area contributed by atoms with E-state index >= 15 is 0 Å². The van der Waals surface area contributed by atoms with Crippen LogP contribution in [0, 0.1) is 5.92 Å². The Labute approximate surface area is 134 Å². The highest BCUT2D eigenvalue weighted by atomic mass is 32.1. The maximum atomic E-state index is 12.6. The first-order valence-corrected chi connectivity index (χ1v) is 8.71. The highest BCUT2D eigenvalue weighted by Crippen LogP contribution is 2.33. The van der Waals surface area contributed by atoms with Crippen LogP contribution in [0.1, 0.15) is 29.4 Å². The number of nitrogens with one attached hydrogen (secondary N) is 1. The lowest BCUT2D eigenvalue weighted by molar-refractivity contribution is 0.0218. The van der Waals surface area contributed by atoms with E-state index < -0.39 is 0 Å². The van der Waals surface area contributed by atoms with E-state index in [1.807, 2.05) is 18.2 Å². The number of carbonyl (C=O) groups is 1. The van der Waals surface area contributed by atoms with E-state index in [0.29, 0.717) is 12.0 Å². The van der Waals surface area contributed by atoms with Crippen LogP contribution in [0.15, 0.2) is 35.1 Å². The summed E-state index contributed by atoms with van der Waals surface area (Å²) in [6.45, 7) is 4.60. The van der Waals surface area contributed by atoms with Crippen LogP contribution in [0.4, 0.5) is 0 Å². The lowest BCUT2D eigenvalue weighted by Gasteiger charge is -2.49. The Bertz CT molecular complexity index is 654. The predicted molar refractivity (Wildman–Crippen MR) is 87.0 cm³/mol. The number of hydrogen-bond donors (Lipinski definition) is 1. The van der Waals surface area contributed by atoms with E-state index in [1.54, 1.807) is 12.5 Å². The molecule has 0 radical (unpaired) electrons. The summed E-state index contributed by atoms with van der Waals surface area (Å²) in [4.78, 5) is 16.9. The number of nitrogens with zero attached hydrogens (tertiary/aromatic N) is 1. The highest BCUT2D eigenvalue weighted by Gasteiger charge is 2.40. The zero-order chi connectivity index (χ0) is 15.1. The molecule has 2 aromatic rings. The number of piperidine rings is 3. The summed E-state index contributed by atoms with van der Waals surface area (Å²) < 4.78 is 5.11. The molecule has 1 N–H and O–H groups in total. The van der Waals surface area contributed by atoms with Gasteiger partial charge in [0.1, 0.15) is 0 Å². The Hall–Kier alpha value is -1.59. The lowest BCUT2D eigenvalue weighted by atomic mass is 9.79. The topological polar surface area (TPSA) is 45.5 Å². The molecule has 5 heteroatoms. The van der Waals surface area contributed by atoms with Crippen molar-refractivity contribution in [3.63, 3.8) is 0 Å². The van der Waals surface area contributed by atoms with E-state index in [4.69, 9.17) is 4.42 Å². The second-order valence-corrected chi connectivity index (χ2v) is 7.37. The molecule has 0 spiro atoms. The van der Waals surface area contributed by atoms with Gasteiger partial charge in [0.05, 0.1) is 17.4 Å². The van der Waals surface area contributed by atoms with Gasteiger partial charge in [0.15, 0.2) is 0 Å². The van der Waals surface area contributed by atoms with Gasteiger partial charge in [0.25, 0.3) is 5.91 Å². The highest BCUT2D eigenvalue weighted by molar-refractivity contribution is 7.17. The predicted octanol–water partition coefficient (Wildman–Crippen LogP) is 3.22. The van der Waals surface area contributed by atoms with Crippen molar-refractivity contribution in [3.05, 3.63) is 35.6 Å². The van der Waals surface area contributed by atoms with E-state index in [9.17, 15) is 4.79 Å². The Balaban J connectivity index is 1.48. The Morgan fingerprint density at radius 1 is 1.32 bits per heavy atom. The molecule has 3 saturated heterocycles. The fourth-order valence-electron chi connectivity index (χ4n) is 3.79. The normalized spacial score (nSPS) is 30.4. The standard InChI is InChI=1S/C17H20N2O2S/c1-11-16(12-4-7-19(11)8-5-12)18-17(20)15-3-2-14(22-15)13-6-9-21-10-13/h2-3,6,9-12,16H,4-5,7-8H2,1H3,(H,18,20)/t11-,16-/m0/s1. The second kappa shape index (κ2) is 5.56. The van der Waals surface area contributed by atoms with Crippen LogP contribution in [0.5, 0.6) is 0 Å². The summed E-state index contributed by atoms with van der Waals surface area (Å²) in [5.74, 6) is 0.697. The smallest absolute Gasteiger partial charge is 0.261 e. The van der Waals surface area contributed by atoms with Gasteiger partial charge in [0, 0.05) is 22.5 Å². The van der Waals surface area contributed by atoms with Crippen LogP contribution in [-0.4, -0.2) is 36.0 Å². The van der Waals surface area contributed by atoms with Gasteiger partial charge >= 0.3 is 0 Å². The van der Waals surface area contributed by atoms with Gasteiger partial charge < -0.3 is 9.73 Å². The Morgan fingerprint density at radius 2 is 2.14 bits per heavy atom. The third-order valence-electron chi connectivity index (χ3n) is 5.11. The summed E-state index contributed by atoms with van der Waals surface area (Å²) in [5.41, 5.74) is 1.03. The number of rotatable bonds is 3. The molecule has 2 bridgehead atoms. The number of carbonyl (C=O) groups excluding carboxylic acids is 1. The minimum Gasteiger partial charge on any atom is -0.472 e. The molecule has 0 aromatic carbocycles. The molecule has 116 valence electrons. The van der Waals surface area contributed by atoms with E-state index in [1.165, 1.54) is 37.3 Å². The van der Waals surface area contributed by atoms with Crippen molar-refractivity contribution in [3.8, 4) is 10.4 Å². The fraction of sp³-hybridized carbons (Fsp3) is 0.471. The molecule has 1 amide bonds. The third-order valence-corrected chi connectivity index (χ3v) is 6.24. The number of furan rings is 1. The van der Waals surface area contributed by atoms with Gasteiger partial charge in [-0.25, -0.2) is 0 Å². The number of thiophene rings is 1. The van der Waals surface area contributed by atoms with E-state index in [-0.39, 0.29) is 11.9 Å². The Kier molecular flexibility index (Phi) is 3.54. The van der Waals surface area contributed by atoms with Crippen molar-refractivity contribution in [2.45, 2.75) is 31.8 Å². The van der Waals surface area contributed by atoms with Crippen molar-refractivity contribution in [2.24, 2.45) is 5.92 Å². The summed E-state index contributed by atoms with van der Waals surface area (Å²) >= 11 is 1.52. The first-order valence-electron chi connectivity index (χ1n) is 7.89. The van der Waals surface area contributed by atoms with Crippen LogP contribution in [-0.2, 0) is 0 Å². The summed E-state index contributed by atoms with van der Waals surface area (Å²) in [7, 11) is 0. The first kappa shape index (κ1) is 14.0. The zero-order valence-electron chi connectivity index (χ0n) is 12.6. The molecule has 3 aliphatic heterocycles.